The van der Waals surface area contributed by atoms with Crippen LogP contribution in [0.1, 0.15) is 45.4 Å². The highest BCUT2D eigenvalue weighted by Crippen LogP contribution is 2.57. The second kappa shape index (κ2) is 3.98. The molecule has 0 aromatic carbocycles. The summed E-state index contributed by atoms with van der Waals surface area (Å²) in [5.41, 5.74) is 0.252. The van der Waals surface area contributed by atoms with Crippen LogP contribution in [0.5, 0.6) is 0 Å². The van der Waals surface area contributed by atoms with Gasteiger partial charge >= 0.3 is 5.97 Å². The van der Waals surface area contributed by atoms with Gasteiger partial charge in [0.1, 0.15) is 0 Å². The van der Waals surface area contributed by atoms with E-state index >= 15 is 0 Å². The third-order valence-corrected chi connectivity index (χ3v) is 5.38. The predicted octanol–water partition coefficient (Wildman–Crippen LogP) is 2.36. The van der Waals surface area contributed by atoms with Gasteiger partial charge in [-0.2, -0.15) is 0 Å². The summed E-state index contributed by atoms with van der Waals surface area (Å²) < 4.78 is 0. The number of carboxylic acids is 1. The minimum Gasteiger partial charge on any atom is -0.480 e. The lowest BCUT2D eigenvalue weighted by molar-refractivity contribution is -0.145. The summed E-state index contributed by atoms with van der Waals surface area (Å²) in [4.78, 5) is 13.3. The van der Waals surface area contributed by atoms with Crippen molar-refractivity contribution >= 4 is 5.97 Å². The molecule has 0 aromatic rings. The van der Waals surface area contributed by atoms with Crippen LogP contribution in [0.2, 0.25) is 0 Å². The topological polar surface area (TPSA) is 40.5 Å². The second-order valence-corrected chi connectivity index (χ2v) is 6.55. The quantitative estimate of drug-likeness (QED) is 0.816. The van der Waals surface area contributed by atoms with Crippen LogP contribution < -0.4 is 0 Å². The number of nitrogens with zero attached hydrogens (tertiary/aromatic N) is 1. The van der Waals surface area contributed by atoms with E-state index in [4.69, 9.17) is 5.11 Å². The van der Waals surface area contributed by atoms with Crippen molar-refractivity contribution in [3.63, 3.8) is 0 Å². The van der Waals surface area contributed by atoms with Crippen molar-refractivity contribution in [1.82, 2.24) is 4.90 Å². The van der Waals surface area contributed by atoms with Crippen LogP contribution in [-0.4, -0.2) is 34.6 Å². The number of carboxylic acid groups (broad SMARTS) is 1. The SMILES string of the molecule is CCN(CC(=O)O)C12CC3CC(CC(C3)C1)C2. The van der Waals surface area contributed by atoms with E-state index in [9.17, 15) is 4.79 Å². The van der Waals surface area contributed by atoms with Crippen LogP contribution in [0.4, 0.5) is 0 Å². The van der Waals surface area contributed by atoms with E-state index in [2.05, 4.69) is 11.8 Å². The van der Waals surface area contributed by atoms with E-state index in [-0.39, 0.29) is 12.1 Å². The molecule has 3 heteroatoms. The van der Waals surface area contributed by atoms with Crippen molar-refractivity contribution < 1.29 is 9.90 Å². The molecular formula is C14H23NO2. The van der Waals surface area contributed by atoms with Gasteiger partial charge in [-0.05, 0) is 62.8 Å². The zero-order chi connectivity index (χ0) is 12.0. The second-order valence-electron chi connectivity index (χ2n) is 6.55. The lowest BCUT2D eigenvalue weighted by Gasteiger charge is -2.60. The highest BCUT2D eigenvalue weighted by Gasteiger charge is 2.53. The minimum atomic E-state index is -0.664. The maximum absolute atomic E-state index is 11.0. The summed E-state index contributed by atoms with van der Waals surface area (Å²) in [7, 11) is 0. The summed E-state index contributed by atoms with van der Waals surface area (Å²) >= 11 is 0. The molecule has 4 aliphatic carbocycles. The van der Waals surface area contributed by atoms with E-state index in [1.54, 1.807) is 0 Å². The maximum Gasteiger partial charge on any atom is 0.317 e. The number of hydrogen-bond acceptors (Lipinski definition) is 2. The highest BCUT2D eigenvalue weighted by atomic mass is 16.4. The minimum absolute atomic E-state index is 0.239. The van der Waals surface area contributed by atoms with Crippen LogP contribution in [0.25, 0.3) is 0 Å². The molecule has 0 amide bonds. The number of carbonyl (C=O) groups is 1. The molecule has 96 valence electrons. The molecule has 4 rings (SSSR count). The molecule has 4 saturated carbocycles. The molecule has 0 aliphatic heterocycles. The van der Waals surface area contributed by atoms with E-state index in [0.717, 1.165) is 24.3 Å². The molecule has 0 heterocycles. The first-order valence-corrected chi connectivity index (χ1v) is 7.08. The van der Waals surface area contributed by atoms with Crippen LogP contribution in [-0.2, 0) is 4.79 Å². The van der Waals surface area contributed by atoms with Gasteiger partial charge in [0.15, 0.2) is 0 Å². The van der Waals surface area contributed by atoms with Crippen LogP contribution in [0, 0.1) is 17.8 Å². The Hall–Kier alpha value is -0.570. The largest absolute Gasteiger partial charge is 0.480 e. The average Bonchev–Trinajstić information content (AvgIpc) is 2.23. The fourth-order valence-corrected chi connectivity index (χ4v) is 5.23. The molecule has 4 fully saturated rings. The molecule has 0 unspecified atom stereocenters. The van der Waals surface area contributed by atoms with Gasteiger partial charge in [0, 0.05) is 5.54 Å². The Kier molecular flexibility index (Phi) is 2.69. The van der Waals surface area contributed by atoms with Gasteiger partial charge in [-0.25, -0.2) is 0 Å². The highest BCUT2D eigenvalue weighted by molar-refractivity contribution is 5.69. The molecule has 0 spiro atoms. The molecule has 3 nitrogen and oxygen atoms in total. The predicted molar refractivity (Wildman–Crippen MR) is 65.8 cm³/mol. The number of likely N-dealkylation sites (N-methyl/N-ethyl adjacent to an activating group) is 1. The third-order valence-electron chi connectivity index (χ3n) is 5.38. The summed E-state index contributed by atoms with van der Waals surface area (Å²) in [6.07, 6.45) is 8.05. The third kappa shape index (κ3) is 1.88. The number of rotatable bonds is 4. The van der Waals surface area contributed by atoms with E-state index in [1.807, 2.05) is 0 Å². The fourth-order valence-electron chi connectivity index (χ4n) is 5.23. The molecular weight excluding hydrogens is 214 g/mol. The van der Waals surface area contributed by atoms with Crippen molar-refractivity contribution in [1.29, 1.82) is 0 Å². The first kappa shape index (κ1) is 11.5. The molecule has 0 aromatic heterocycles. The summed E-state index contributed by atoms with van der Waals surface area (Å²) in [5.74, 6) is 2.01. The molecule has 0 atom stereocenters. The lowest BCUT2D eigenvalue weighted by atomic mass is 9.52. The van der Waals surface area contributed by atoms with Gasteiger partial charge in [-0.15, -0.1) is 0 Å². The van der Waals surface area contributed by atoms with Crippen molar-refractivity contribution in [2.45, 2.75) is 51.0 Å². The Morgan fingerprint density at radius 3 is 2.00 bits per heavy atom. The van der Waals surface area contributed by atoms with Crippen molar-refractivity contribution in [3.05, 3.63) is 0 Å². The van der Waals surface area contributed by atoms with Crippen molar-refractivity contribution in [2.75, 3.05) is 13.1 Å². The van der Waals surface area contributed by atoms with Gasteiger partial charge in [0.05, 0.1) is 6.54 Å². The maximum atomic E-state index is 11.0. The normalized spacial score (nSPS) is 43.3. The summed E-state index contributed by atoms with van der Waals surface area (Å²) in [5, 5.41) is 9.07. The Morgan fingerprint density at radius 1 is 1.18 bits per heavy atom. The molecule has 0 radical (unpaired) electrons. The monoisotopic (exact) mass is 237 g/mol. The number of hydrogen-bond donors (Lipinski definition) is 1. The fraction of sp³-hybridized carbons (Fsp3) is 0.929. The van der Waals surface area contributed by atoms with Gasteiger partial charge < -0.3 is 5.11 Å². The Labute approximate surface area is 103 Å². The molecule has 0 saturated heterocycles. The van der Waals surface area contributed by atoms with E-state index in [1.165, 1.54) is 38.5 Å². The average molecular weight is 237 g/mol. The first-order valence-electron chi connectivity index (χ1n) is 7.08. The summed E-state index contributed by atoms with van der Waals surface area (Å²) in [6.45, 7) is 3.24. The zero-order valence-electron chi connectivity index (χ0n) is 10.7. The van der Waals surface area contributed by atoms with Crippen LogP contribution >= 0.6 is 0 Å². The van der Waals surface area contributed by atoms with Crippen LogP contribution in [0.15, 0.2) is 0 Å². The van der Waals surface area contributed by atoms with Crippen molar-refractivity contribution in [3.8, 4) is 0 Å². The smallest absolute Gasteiger partial charge is 0.317 e. The van der Waals surface area contributed by atoms with Crippen molar-refractivity contribution in [2.24, 2.45) is 17.8 Å². The summed E-state index contributed by atoms with van der Waals surface area (Å²) in [6, 6.07) is 0. The van der Waals surface area contributed by atoms with E-state index in [0.29, 0.717) is 0 Å². The molecule has 4 aliphatic rings. The van der Waals surface area contributed by atoms with E-state index < -0.39 is 5.97 Å². The first-order chi connectivity index (χ1) is 8.11. The standard InChI is InChI=1S/C14H23NO2/c1-2-15(9-13(16)17)14-6-10-3-11(7-14)5-12(4-10)8-14/h10-12H,2-9H2,1H3,(H,16,17). The van der Waals surface area contributed by atoms with Gasteiger partial charge in [0.25, 0.3) is 0 Å². The van der Waals surface area contributed by atoms with Crippen LogP contribution in [0.3, 0.4) is 0 Å². The Morgan fingerprint density at radius 2 is 1.65 bits per heavy atom. The molecule has 17 heavy (non-hydrogen) atoms. The van der Waals surface area contributed by atoms with Gasteiger partial charge in [-0.3, -0.25) is 9.69 Å². The van der Waals surface area contributed by atoms with Gasteiger partial charge in [-0.1, -0.05) is 6.92 Å². The lowest BCUT2D eigenvalue weighted by Crippen LogP contribution is -2.60. The zero-order valence-corrected chi connectivity index (χ0v) is 10.7. The molecule has 1 N–H and O–H groups in total. The Bertz CT molecular complexity index is 291. The van der Waals surface area contributed by atoms with Gasteiger partial charge in [0.2, 0.25) is 0 Å². The number of aliphatic carboxylic acids is 1. The Balaban J connectivity index is 1.82. The molecule has 4 bridgehead atoms.